The van der Waals surface area contributed by atoms with Gasteiger partial charge in [0.2, 0.25) is 0 Å². The maximum absolute atomic E-state index is 12.3. The highest BCUT2D eigenvalue weighted by molar-refractivity contribution is 5.94. The zero-order chi connectivity index (χ0) is 16.8. The van der Waals surface area contributed by atoms with Gasteiger partial charge in [-0.05, 0) is 43.7 Å². The average Bonchev–Trinajstić information content (AvgIpc) is 2.99. The third-order valence-corrected chi connectivity index (χ3v) is 4.07. The number of ether oxygens (including phenoxy) is 2. The first-order chi connectivity index (χ1) is 11.0. The Balaban J connectivity index is 0.00000288. The van der Waals surface area contributed by atoms with Gasteiger partial charge >= 0.3 is 0 Å². The maximum atomic E-state index is 12.3. The summed E-state index contributed by atoms with van der Waals surface area (Å²) in [6, 6.07) is 5.72. The first-order valence-corrected chi connectivity index (χ1v) is 8.39. The lowest BCUT2D eigenvalue weighted by Crippen LogP contribution is -2.29. The molecule has 0 bridgehead atoms. The highest BCUT2D eigenvalue weighted by Gasteiger charge is 2.29. The second-order valence-electron chi connectivity index (χ2n) is 6.56. The number of hydrogen-bond acceptors (Lipinski definition) is 4. The average molecular weight is 357 g/mol. The van der Waals surface area contributed by atoms with Crippen LogP contribution in [0.3, 0.4) is 0 Å². The zero-order valence-corrected chi connectivity index (χ0v) is 15.5. The Kier molecular flexibility index (Phi) is 8.53. The molecule has 1 aliphatic rings. The molecule has 0 aromatic heterocycles. The summed E-state index contributed by atoms with van der Waals surface area (Å²) in [5.41, 5.74) is 7.38. The molecule has 0 spiro atoms. The molecule has 0 saturated carbocycles. The van der Waals surface area contributed by atoms with Crippen LogP contribution in [0.5, 0.6) is 5.75 Å². The Bertz CT molecular complexity index is 537. The van der Waals surface area contributed by atoms with E-state index in [0.717, 1.165) is 36.3 Å². The lowest BCUT2D eigenvalue weighted by Gasteiger charge is -2.15. The molecule has 1 amide bonds. The Hall–Kier alpha value is -1.30. The van der Waals surface area contributed by atoms with Gasteiger partial charge in [0.05, 0.1) is 12.7 Å². The van der Waals surface area contributed by atoms with Gasteiger partial charge in [0.25, 0.3) is 5.91 Å². The molecule has 136 valence electrons. The normalized spacial score (nSPS) is 19.9. The van der Waals surface area contributed by atoms with Gasteiger partial charge < -0.3 is 20.5 Å². The smallest absolute Gasteiger partial charge is 0.253 e. The van der Waals surface area contributed by atoms with Gasteiger partial charge in [-0.25, -0.2) is 0 Å². The SMILES string of the molecule is Cc1ccc(NC(=O)[C@@H]2CC[C@H](CN)O2)cc1OCCC(C)C.Cl. The quantitative estimate of drug-likeness (QED) is 0.786. The van der Waals surface area contributed by atoms with E-state index >= 15 is 0 Å². The number of carbonyl (C=O) groups excluding carboxylic acids is 1. The van der Waals surface area contributed by atoms with E-state index in [4.69, 9.17) is 15.2 Å². The summed E-state index contributed by atoms with van der Waals surface area (Å²) in [5.74, 6) is 1.31. The fraction of sp³-hybridized carbons (Fsp3) is 0.611. The number of benzene rings is 1. The van der Waals surface area contributed by atoms with E-state index in [1.807, 2.05) is 25.1 Å². The molecular weight excluding hydrogens is 328 g/mol. The highest BCUT2D eigenvalue weighted by Crippen LogP contribution is 2.25. The van der Waals surface area contributed by atoms with Gasteiger partial charge in [-0.3, -0.25) is 4.79 Å². The van der Waals surface area contributed by atoms with Crippen LogP contribution in [0.4, 0.5) is 5.69 Å². The molecule has 0 aliphatic carbocycles. The Morgan fingerprint density at radius 3 is 2.79 bits per heavy atom. The lowest BCUT2D eigenvalue weighted by molar-refractivity contribution is -0.126. The van der Waals surface area contributed by atoms with Crippen LogP contribution < -0.4 is 15.8 Å². The van der Waals surface area contributed by atoms with E-state index < -0.39 is 6.10 Å². The third kappa shape index (κ3) is 5.96. The zero-order valence-electron chi connectivity index (χ0n) is 14.7. The van der Waals surface area contributed by atoms with Crippen molar-refractivity contribution in [1.82, 2.24) is 0 Å². The monoisotopic (exact) mass is 356 g/mol. The van der Waals surface area contributed by atoms with E-state index in [2.05, 4.69) is 19.2 Å². The fourth-order valence-electron chi connectivity index (χ4n) is 2.53. The summed E-state index contributed by atoms with van der Waals surface area (Å²) < 4.78 is 11.5. The molecule has 24 heavy (non-hydrogen) atoms. The molecule has 1 aromatic carbocycles. The molecule has 1 aromatic rings. The Morgan fingerprint density at radius 2 is 2.17 bits per heavy atom. The summed E-state index contributed by atoms with van der Waals surface area (Å²) in [7, 11) is 0. The van der Waals surface area contributed by atoms with Crippen molar-refractivity contribution in [2.45, 2.75) is 52.2 Å². The van der Waals surface area contributed by atoms with Crippen molar-refractivity contribution < 1.29 is 14.3 Å². The number of carbonyl (C=O) groups is 1. The van der Waals surface area contributed by atoms with Crippen LogP contribution in [-0.2, 0) is 9.53 Å². The summed E-state index contributed by atoms with van der Waals surface area (Å²) in [4.78, 5) is 12.3. The lowest BCUT2D eigenvalue weighted by atomic mass is 10.1. The molecular formula is C18H29ClN2O3. The van der Waals surface area contributed by atoms with E-state index in [-0.39, 0.29) is 24.4 Å². The van der Waals surface area contributed by atoms with Crippen LogP contribution in [0.1, 0.15) is 38.7 Å². The molecule has 2 rings (SSSR count). The molecule has 6 heteroatoms. The summed E-state index contributed by atoms with van der Waals surface area (Å²) in [5, 5.41) is 2.91. The van der Waals surface area contributed by atoms with Crippen LogP contribution in [-0.4, -0.2) is 31.3 Å². The maximum Gasteiger partial charge on any atom is 0.253 e. The van der Waals surface area contributed by atoms with Crippen LogP contribution in [0.15, 0.2) is 18.2 Å². The summed E-state index contributed by atoms with van der Waals surface area (Å²) in [6.07, 6.45) is 2.16. The second kappa shape index (κ2) is 9.87. The molecule has 2 atom stereocenters. The highest BCUT2D eigenvalue weighted by atomic mass is 35.5. The van der Waals surface area contributed by atoms with Crippen molar-refractivity contribution >= 4 is 24.0 Å². The predicted octanol–water partition coefficient (Wildman–Crippen LogP) is 3.29. The molecule has 1 saturated heterocycles. The number of rotatable bonds is 7. The number of aryl methyl sites for hydroxylation is 1. The topological polar surface area (TPSA) is 73.6 Å². The van der Waals surface area contributed by atoms with Crippen molar-refractivity contribution in [3.05, 3.63) is 23.8 Å². The first-order valence-electron chi connectivity index (χ1n) is 8.39. The summed E-state index contributed by atoms with van der Waals surface area (Å²) in [6.45, 7) is 7.48. The number of amides is 1. The van der Waals surface area contributed by atoms with Crippen molar-refractivity contribution in [2.75, 3.05) is 18.5 Å². The minimum atomic E-state index is -0.407. The third-order valence-electron chi connectivity index (χ3n) is 4.07. The van der Waals surface area contributed by atoms with Crippen LogP contribution in [0.2, 0.25) is 0 Å². The van der Waals surface area contributed by atoms with Crippen LogP contribution in [0, 0.1) is 12.8 Å². The van der Waals surface area contributed by atoms with Gasteiger partial charge in [0, 0.05) is 18.3 Å². The number of nitrogens with two attached hydrogens (primary N) is 1. The van der Waals surface area contributed by atoms with Gasteiger partial charge in [-0.2, -0.15) is 0 Å². The van der Waals surface area contributed by atoms with Crippen LogP contribution in [0.25, 0.3) is 0 Å². The summed E-state index contributed by atoms with van der Waals surface area (Å²) >= 11 is 0. The number of anilines is 1. The van der Waals surface area contributed by atoms with E-state index in [1.165, 1.54) is 0 Å². The molecule has 0 radical (unpaired) electrons. The van der Waals surface area contributed by atoms with Gasteiger partial charge in [-0.15, -0.1) is 12.4 Å². The van der Waals surface area contributed by atoms with Crippen LogP contribution >= 0.6 is 12.4 Å². The second-order valence-corrected chi connectivity index (χ2v) is 6.56. The fourth-order valence-corrected chi connectivity index (χ4v) is 2.53. The minimum Gasteiger partial charge on any atom is -0.493 e. The number of halogens is 1. The molecule has 5 nitrogen and oxygen atoms in total. The van der Waals surface area contributed by atoms with Gasteiger partial charge in [-0.1, -0.05) is 19.9 Å². The van der Waals surface area contributed by atoms with Gasteiger partial charge in [0.1, 0.15) is 11.9 Å². The van der Waals surface area contributed by atoms with Crippen molar-refractivity contribution in [3.8, 4) is 5.75 Å². The first kappa shape index (κ1) is 20.7. The predicted molar refractivity (Wildman–Crippen MR) is 99.0 cm³/mol. The van der Waals surface area contributed by atoms with Crippen molar-refractivity contribution in [1.29, 1.82) is 0 Å². The molecule has 3 N–H and O–H groups in total. The standard InChI is InChI=1S/C18H28N2O3.ClH/c1-12(2)8-9-22-17-10-14(5-4-13(17)3)20-18(21)16-7-6-15(11-19)23-16;/h4-5,10,12,15-16H,6-9,11,19H2,1-3H3,(H,20,21);1H/t15-,16+;/m1./s1. The van der Waals surface area contributed by atoms with Crippen molar-refractivity contribution in [2.24, 2.45) is 11.7 Å². The molecule has 0 unspecified atom stereocenters. The largest absolute Gasteiger partial charge is 0.493 e. The Morgan fingerprint density at radius 1 is 1.42 bits per heavy atom. The Labute approximate surface area is 150 Å². The van der Waals surface area contributed by atoms with Gasteiger partial charge in [0.15, 0.2) is 0 Å². The number of hydrogen-bond donors (Lipinski definition) is 2. The van der Waals surface area contributed by atoms with E-state index in [9.17, 15) is 4.79 Å². The molecule has 1 heterocycles. The minimum absolute atomic E-state index is 0. The molecule has 1 aliphatic heterocycles. The van der Waals surface area contributed by atoms with E-state index in [0.29, 0.717) is 19.1 Å². The number of nitrogens with one attached hydrogen (secondary N) is 1. The van der Waals surface area contributed by atoms with Crippen molar-refractivity contribution in [3.63, 3.8) is 0 Å². The molecule has 1 fully saturated rings. The van der Waals surface area contributed by atoms with E-state index in [1.54, 1.807) is 0 Å².